The smallest absolute Gasteiger partial charge is 0.317 e. The number of aliphatic carboxylic acids is 4. The van der Waals surface area contributed by atoms with Crippen LogP contribution in [0.3, 0.4) is 0 Å². The third-order valence-electron chi connectivity index (χ3n) is 2.17. The molecule has 12 heteroatoms. The van der Waals surface area contributed by atoms with Crippen LogP contribution >= 0.6 is 0 Å². The van der Waals surface area contributed by atoms with Crippen LogP contribution in [0, 0.1) is 0 Å². The molecule has 4 N–H and O–H groups in total. The molecule has 0 aliphatic carbocycles. The molecule has 0 amide bonds. The summed E-state index contributed by atoms with van der Waals surface area (Å²) in [6, 6.07) is 0. The number of hydrogen-bond acceptors (Lipinski definition) is 6. The van der Waals surface area contributed by atoms with Gasteiger partial charge >= 0.3 is 23.9 Å². The Bertz CT molecular complexity index is 327. The largest absolute Gasteiger partial charge is 0.480 e. The van der Waals surface area contributed by atoms with Crippen LogP contribution in [0.1, 0.15) is 0 Å². The van der Waals surface area contributed by atoms with Gasteiger partial charge in [-0.3, -0.25) is 29.0 Å². The van der Waals surface area contributed by atoms with Crippen LogP contribution in [-0.4, -0.2) is 123 Å². The van der Waals surface area contributed by atoms with E-state index < -0.39 is 50.1 Å². The summed E-state index contributed by atoms with van der Waals surface area (Å²) in [7, 11) is 0. The molecule has 1 radical (unpaired) electrons. The third kappa shape index (κ3) is 15.7. The minimum atomic E-state index is -1.23. The molecular weight excluding hydrogens is 358 g/mol. The van der Waals surface area contributed by atoms with Gasteiger partial charge in [0.1, 0.15) is 0 Å². The van der Waals surface area contributed by atoms with E-state index >= 15 is 0 Å². The Balaban J connectivity index is -0.00000180. The van der Waals surface area contributed by atoms with Gasteiger partial charge in [0.2, 0.25) is 0 Å². The Morgan fingerprint density at radius 3 is 0.909 bits per heavy atom. The van der Waals surface area contributed by atoms with Crippen LogP contribution in [0.15, 0.2) is 0 Å². The summed E-state index contributed by atoms with van der Waals surface area (Å²) in [6.07, 6.45) is 0. The molecule has 22 heavy (non-hydrogen) atoms. The molecule has 0 aromatic heterocycles. The van der Waals surface area contributed by atoms with Crippen molar-refractivity contribution in [1.82, 2.24) is 9.80 Å². The van der Waals surface area contributed by atoms with Crippen molar-refractivity contribution in [2.75, 3.05) is 39.3 Å². The van der Waals surface area contributed by atoms with Gasteiger partial charge in [-0.25, -0.2) is 0 Å². The summed E-state index contributed by atoms with van der Waals surface area (Å²) in [5.41, 5.74) is 0. The predicted molar refractivity (Wildman–Crippen MR) is 69.2 cm³/mol. The Labute approximate surface area is 158 Å². The van der Waals surface area contributed by atoms with Gasteiger partial charge in [0.05, 0.1) is 26.2 Å². The molecule has 0 aliphatic rings. The topological polar surface area (TPSA) is 156 Å². The second-order valence-electron chi connectivity index (χ2n) is 4.00. The van der Waals surface area contributed by atoms with Crippen LogP contribution in [0.5, 0.6) is 0 Å². The van der Waals surface area contributed by atoms with Crippen molar-refractivity contribution in [2.45, 2.75) is 0 Å². The first kappa shape index (κ1) is 26.2. The van der Waals surface area contributed by atoms with Crippen molar-refractivity contribution < 1.29 is 56.1 Å². The molecule has 0 saturated carbocycles. The van der Waals surface area contributed by atoms with E-state index in [2.05, 4.69) is 0 Å². The van der Waals surface area contributed by atoms with Crippen molar-refractivity contribution >= 4 is 53.4 Å². The van der Waals surface area contributed by atoms with E-state index in [1.165, 1.54) is 0 Å². The van der Waals surface area contributed by atoms with E-state index in [9.17, 15) is 19.2 Å². The normalized spacial score (nSPS) is 9.73. The molecule has 0 aromatic rings. The number of carboxylic acid groups (broad SMARTS) is 4. The first-order valence-electron chi connectivity index (χ1n) is 5.52. The zero-order chi connectivity index (χ0) is 15.7. The molecule has 0 fully saturated rings. The number of nitrogens with zero attached hydrogens (tertiary/aromatic N) is 2. The van der Waals surface area contributed by atoms with Crippen LogP contribution < -0.4 is 0 Å². The zero-order valence-electron chi connectivity index (χ0n) is 11.9. The van der Waals surface area contributed by atoms with Crippen molar-refractivity contribution in [3.05, 3.63) is 0 Å². The van der Waals surface area contributed by atoms with Gasteiger partial charge in [0, 0.05) is 59.1 Å². The van der Waals surface area contributed by atoms with Crippen molar-refractivity contribution in [1.29, 1.82) is 0 Å². The van der Waals surface area contributed by atoms with Crippen molar-refractivity contribution in [2.24, 2.45) is 0 Å². The molecule has 0 heterocycles. The molecule has 0 atom stereocenters. The third-order valence-corrected chi connectivity index (χ3v) is 2.17. The molecule has 0 bridgehead atoms. The fourth-order valence-corrected chi connectivity index (χ4v) is 1.48. The number of carboxylic acids is 4. The molecule has 0 spiro atoms. The van der Waals surface area contributed by atoms with Crippen LogP contribution in [-0.2, 0) is 35.7 Å². The molecule has 0 unspecified atom stereocenters. The van der Waals surface area contributed by atoms with Gasteiger partial charge in [-0.1, -0.05) is 0 Å². The minimum absolute atomic E-state index is 0. The van der Waals surface area contributed by atoms with Gasteiger partial charge in [0.25, 0.3) is 0 Å². The number of carbonyl (C=O) groups is 4. The van der Waals surface area contributed by atoms with E-state index in [1.54, 1.807) is 0 Å². The van der Waals surface area contributed by atoms with Gasteiger partial charge in [-0.2, -0.15) is 0 Å². The second kappa shape index (κ2) is 13.9. The predicted octanol–water partition coefficient (Wildman–Crippen LogP) is -2.45. The fraction of sp³-hybridized carbons (Fsp3) is 0.600. The molecule has 0 aromatic carbocycles. The molecule has 0 saturated heterocycles. The second-order valence-corrected chi connectivity index (χ2v) is 4.00. The minimum Gasteiger partial charge on any atom is -0.480 e. The van der Waals surface area contributed by atoms with Crippen LogP contribution in [0.2, 0.25) is 0 Å². The Kier molecular flexibility index (Phi) is 16.6. The van der Waals surface area contributed by atoms with E-state index in [-0.39, 0.29) is 59.1 Å². The van der Waals surface area contributed by atoms with Crippen LogP contribution in [0.25, 0.3) is 0 Å². The summed E-state index contributed by atoms with van der Waals surface area (Å²) < 4.78 is 0. The maximum Gasteiger partial charge on any atom is 0.317 e. The van der Waals surface area contributed by atoms with Gasteiger partial charge in [-0.15, -0.1) is 0 Å². The Hall–Kier alpha value is -0.706. The molecule has 0 rings (SSSR count). The SMILES string of the molecule is O=C(O)CN(CCN(CC(=O)O)CC(=O)O)CC(=O)O.[Na].[Ni]. The monoisotopic (exact) mass is 373 g/mol. The molecular formula is C10H16N2NaNiO8. The van der Waals surface area contributed by atoms with E-state index in [0.29, 0.717) is 0 Å². The first-order valence-corrected chi connectivity index (χ1v) is 5.52. The molecule has 10 nitrogen and oxygen atoms in total. The van der Waals surface area contributed by atoms with E-state index in [4.69, 9.17) is 20.4 Å². The number of hydrogen-bond donors (Lipinski definition) is 4. The summed E-state index contributed by atoms with van der Waals surface area (Å²) in [5, 5.41) is 34.5. The Morgan fingerprint density at radius 1 is 0.591 bits per heavy atom. The summed E-state index contributed by atoms with van der Waals surface area (Å²) in [6.45, 7) is -2.25. The summed E-state index contributed by atoms with van der Waals surface area (Å²) >= 11 is 0. The quantitative estimate of drug-likeness (QED) is 0.286. The Morgan fingerprint density at radius 2 is 0.773 bits per heavy atom. The molecule has 125 valence electrons. The van der Waals surface area contributed by atoms with Gasteiger partial charge in [-0.05, 0) is 0 Å². The van der Waals surface area contributed by atoms with E-state index in [0.717, 1.165) is 9.80 Å². The molecule has 0 aliphatic heterocycles. The maximum atomic E-state index is 10.6. The number of rotatable bonds is 11. The van der Waals surface area contributed by atoms with Gasteiger partial charge in [0.15, 0.2) is 0 Å². The van der Waals surface area contributed by atoms with Crippen molar-refractivity contribution in [3.8, 4) is 0 Å². The van der Waals surface area contributed by atoms with E-state index in [1.807, 2.05) is 0 Å². The van der Waals surface area contributed by atoms with Gasteiger partial charge < -0.3 is 20.4 Å². The summed E-state index contributed by atoms with van der Waals surface area (Å²) in [5.74, 6) is -4.91. The van der Waals surface area contributed by atoms with Crippen molar-refractivity contribution in [3.63, 3.8) is 0 Å². The maximum absolute atomic E-state index is 10.6. The average molecular weight is 374 g/mol. The average Bonchev–Trinajstić information content (AvgIpc) is 2.22. The summed E-state index contributed by atoms with van der Waals surface area (Å²) in [4.78, 5) is 44.4. The fourth-order valence-electron chi connectivity index (χ4n) is 1.48. The first-order chi connectivity index (χ1) is 9.20. The zero-order valence-corrected chi connectivity index (χ0v) is 14.9. The van der Waals surface area contributed by atoms with Crippen LogP contribution in [0.4, 0.5) is 0 Å². The standard InChI is InChI=1S/C10H16N2O8.Na.Ni/c13-7(14)3-11(4-8(15)16)1-2-12(5-9(17)18)6-10(19)20;;/h1-6H2,(H,13,14)(H,15,16)(H,17,18)(H,19,20);;.